The second-order valence-electron chi connectivity index (χ2n) is 9.27. The molecule has 5 rings (SSSR count). The molecule has 0 aromatic heterocycles. The quantitative estimate of drug-likeness (QED) is 0.694. The summed E-state index contributed by atoms with van der Waals surface area (Å²) < 4.78 is 0. The SMILES string of the molecule is CCc1cc2c3c(c1)C(C)(c1ccccc1)CC(C)(C)N3C(=O)C2=C1SC(=O)NC1=O. The maximum absolute atomic E-state index is 13.7. The van der Waals surface area contributed by atoms with E-state index in [0.717, 1.165) is 47.0 Å². The Hall–Kier alpha value is -2.86. The molecule has 31 heavy (non-hydrogen) atoms. The van der Waals surface area contributed by atoms with E-state index in [-0.39, 0.29) is 16.2 Å². The number of nitrogens with zero attached hydrogens (tertiary/aromatic N) is 1. The molecule has 2 aromatic carbocycles. The molecule has 1 saturated heterocycles. The van der Waals surface area contributed by atoms with Crippen molar-refractivity contribution in [2.75, 3.05) is 4.90 Å². The maximum Gasteiger partial charge on any atom is 0.290 e. The van der Waals surface area contributed by atoms with Crippen molar-refractivity contribution in [3.8, 4) is 0 Å². The van der Waals surface area contributed by atoms with E-state index < -0.39 is 16.7 Å². The monoisotopic (exact) mass is 432 g/mol. The highest BCUT2D eigenvalue weighted by molar-refractivity contribution is 8.18. The topological polar surface area (TPSA) is 66.5 Å². The van der Waals surface area contributed by atoms with Gasteiger partial charge in [0.1, 0.15) is 0 Å². The lowest BCUT2D eigenvalue weighted by atomic mass is 9.65. The number of benzene rings is 2. The third kappa shape index (κ3) is 2.74. The van der Waals surface area contributed by atoms with Gasteiger partial charge in [-0.05, 0) is 61.2 Å². The number of carbonyl (C=O) groups excluding carboxylic acids is 3. The molecule has 1 atom stereocenters. The Morgan fingerprint density at radius 1 is 1.06 bits per heavy atom. The fourth-order valence-corrected chi connectivity index (χ4v) is 6.23. The van der Waals surface area contributed by atoms with Crippen LogP contribution in [0.3, 0.4) is 0 Å². The number of amides is 3. The van der Waals surface area contributed by atoms with Crippen LogP contribution in [0.15, 0.2) is 47.4 Å². The van der Waals surface area contributed by atoms with Crippen LogP contribution in [0.2, 0.25) is 0 Å². The summed E-state index contributed by atoms with van der Waals surface area (Å²) in [6.45, 7) is 8.48. The highest BCUT2D eigenvalue weighted by Crippen LogP contribution is 2.57. The minimum absolute atomic E-state index is 0.197. The highest BCUT2D eigenvalue weighted by Gasteiger charge is 2.54. The molecule has 0 spiro atoms. The van der Waals surface area contributed by atoms with Crippen molar-refractivity contribution in [2.24, 2.45) is 0 Å². The molecule has 1 fully saturated rings. The van der Waals surface area contributed by atoms with Gasteiger partial charge in [0, 0.05) is 16.5 Å². The molecule has 6 heteroatoms. The fourth-order valence-electron chi connectivity index (χ4n) is 5.46. The van der Waals surface area contributed by atoms with Crippen LogP contribution in [0.5, 0.6) is 0 Å². The van der Waals surface area contributed by atoms with Gasteiger partial charge in [0.15, 0.2) is 0 Å². The molecule has 3 heterocycles. The van der Waals surface area contributed by atoms with E-state index in [9.17, 15) is 14.4 Å². The molecule has 5 nitrogen and oxygen atoms in total. The first-order valence-electron chi connectivity index (χ1n) is 10.5. The summed E-state index contributed by atoms with van der Waals surface area (Å²) >= 11 is 0.819. The third-order valence-electron chi connectivity index (χ3n) is 6.73. The van der Waals surface area contributed by atoms with Gasteiger partial charge in [-0.3, -0.25) is 19.7 Å². The Labute approximate surface area is 185 Å². The average Bonchev–Trinajstić information content (AvgIpc) is 3.21. The van der Waals surface area contributed by atoms with Crippen LogP contribution in [-0.2, 0) is 21.4 Å². The zero-order valence-corrected chi connectivity index (χ0v) is 18.9. The number of thioether (sulfide) groups is 1. The second kappa shape index (κ2) is 6.57. The van der Waals surface area contributed by atoms with Crippen LogP contribution in [0.4, 0.5) is 10.5 Å². The molecule has 158 valence electrons. The van der Waals surface area contributed by atoms with Crippen LogP contribution in [0, 0.1) is 0 Å². The van der Waals surface area contributed by atoms with Gasteiger partial charge >= 0.3 is 0 Å². The van der Waals surface area contributed by atoms with Crippen LogP contribution in [-0.4, -0.2) is 22.6 Å². The summed E-state index contributed by atoms with van der Waals surface area (Å²) in [7, 11) is 0. The van der Waals surface area contributed by atoms with Crippen LogP contribution in [0.1, 0.15) is 56.4 Å². The molecule has 1 N–H and O–H groups in total. The first-order chi connectivity index (χ1) is 14.7. The summed E-state index contributed by atoms with van der Waals surface area (Å²) in [5.74, 6) is -0.686. The van der Waals surface area contributed by atoms with Crippen LogP contribution < -0.4 is 10.2 Å². The van der Waals surface area contributed by atoms with Gasteiger partial charge in [-0.1, -0.05) is 50.2 Å². The zero-order valence-electron chi connectivity index (χ0n) is 18.0. The standard InChI is InChI=1S/C25H24N2O3S/c1-5-14-11-16-18(20-21(28)26-23(30)31-20)22(29)27-19(16)17(12-14)25(4,13-24(27,2)3)15-9-7-6-8-10-15/h6-12H,5,13H2,1-4H3,(H,26,28,30). The smallest absolute Gasteiger partial charge is 0.290 e. The summed E-state index contributed by atoms with van der Waals surface area (Å²) in [6, 6.07) is 14.6. The summed E-state index contributed by atoms with van der Waals surface area (Å²) in [5, 5.41) is 1.87. The average molecular weight is 433 g/mol. The van der Waals surface area contributed by atoms with Gasteiger partial charge in [-0.15, -0.1) is 0 Å². The van der Waals surface area contributed by atoms with Crippen molar-refractivity contribution in [3.05, 3.63) is 69.6 Å². The molecule has 0 aliphatic carbocycles. The predicted octanol–water partition coefficient (Wildman–Crippen LogP) is 4.78. The van der Waals surface area contributed by atoms with E-state index in [2.05, 4.69) is 51.2 Å². The molecule has 0 radical (unpaired) electrons. The largest absolute Gasteiger partial charge is 0.302 e. The molecular formula is C25H24N2O3S. The first-order valence-corrected chi connectivity index (χ1v) is 11.3. The first kappa shape index (κ1) is 20.1. The number of imide groups is 1. The number of aryl methyl sites for hydroxylation is 1. The summed E-state index contributed by atoms with van der Waals surface area (Å²) in [4.78, 5) is 40.2. The van der Waals surface area contributed by atoms with E-state index in [4.69, 9.17) is 0 Å². The van der Waals surface area contributed by atoms with E-state index in [1.165, 1.54) is 5.56 Å². The predicted molar refractivity (Wildman–Crippen MR) is 123 cm³/mol. The van der Waals surface area contributed by atoms with E-state index in [1.54, 1.807) is 0 Å². The Kier molecular flexibility index (Phi) is 4.25. The van der Waals surface area contributed by atoms with Crippen molar-refractivity contribution in [2.45, 2.75) is 51.5 Å². The minimum Gasteiger partial charge on any atom is -0.302 e. The fraction of sp³-hybridized carbons (Fsp3) is 0.320. The van der Waals surface area contributed by atoms with E-state index >= 15 is 0 Å². The van der Waals surface area contributed by atoms with E-state index in [0.29, 0.717) is 5.57 Å². The lowest BCUT2D eigenvalue weighted by molar-refractivity contribution is -0.116. The number of hydrogen-bond acceptors (Lipinski definition) is 4. The van der Waals surface area contributed by atoms with Crippen LogP contribution >= 0.6 is 11.8 Å². The maximum atomic E-state index is 13.7. The summed E-state index contributed by atoms with van der Waals surface area (Å²) in [5.41, 5.74) is 4.65. The number of rotatable bonds is 2. The van der Waals surface area contributed by atoms with Gasteiger partial charge in [0.25, 0.3) is 17.1 Å². The lowest BCUT2D eigenvalue weighted by Gasteiger charge is -2.50. The lowest BCUT2D eigenvalue weighted by Crippen LogP contribution is -2.54. The Morgan fingerprint density at radius 3 is 2.39 bits per heavy atom. The number of nitrogens with one attached hydrogen (secondary N) is 1. The van der Waals surface area contributed by atoms with Gasteiger partial charge < -0.3 is 4.90 Å². The van der Waals surface area contributed by atoms with Crippen molar-refractivity contribution in [1.29, 1.82) is 0 Å². The van der Waals surface area contributed by atoms with Gasteiger partial charge in [-0.2, -0.15) is 0 Å². The van der Waals surface area contributed by atoms with Crippen molar-refractivity contribution in [1.82, 2.24) is 5.32 Å². The summed E-state index contributed by atoms with van der Waals surface area (Å²) in [6.07, 6.45) is 1.56. The molecule has 3 amide bonds. The number of carbonyl (C=O) groups is 3. The molecule has 3 aliphatic heterocycles. The van der Waals surface area contributed by atoms with Gasteiger partial charge in [0.05, 0.1) is 16.2 Å². The Bertz CT molecular complexity index is 1200. The highest BCUT2D eigenvalue weighted by atomic mass is 32.2. The number of anilines is 1. The number of hydrogen-bond donors (Lipinski definition) is 1. The molecule has 0 saturated carbocycles. The zero-order chi connectivity index (χ0) is 22.1. The van der Waals surface area contributed by atoms with Gasteiger partial charge in [-0.25, -0.2) is 0 Å². The molecule has 3 aliphatic rings. The molecule has 1 unspecified atom stereocenters. The van der Waals surface area contributed by atoms with Crippen LogP contribution in [0.25, 0.3) is 5.57 Å². The van der Waals surface area contributed by atoms with Crippen molar-refractivity contribution < 1.29 is 14.4 Å². The molecular weight excluding hydrogens is 408 g/mol. The minimum atomic E-state index is -0.488. The molecule has 2 aromatic rings. The third-order valence-corrected chi connectivity index (χ3v) is 7.61. The Morgan fingerprint density at radius 2 is 1.77 bits per heavy atom. The second-order valence-corrected chi connectivity index (χ2v) is 10.3. The van der Waals surface area contributed by atoms with Crippen molar-refractivity contribution >= 4 is 40.1 Å². The van der Waals surface area contributed by atoms with Crippen molar-refractivity contribution in [3.63, 3.8) is 0 Å². The Balaban J connectivity index is 1.87. The molecule has 0 bridgehead atoms. The normalized spacial score (nSPS) is 26.3. The van der Waals surface area contributed by atoms with Gasteiger partial charge in [0.2, 0.25) is 0 Å². The van der Waals surface area contributed by atoms with E-state index in [1.807, 2.05) is 29.2 Å².